The molecular formula is C21H26N2O3. The average molecular weight is 354 g/mol. The molecule has 2 N–H and O–H groups in total. The van der Waals surface area contributed by atoms with Crippen LogP contribution in [0.2, 0.25) is 0 Å². The number of aliphatic hydroxyl groups excluding tert-OH is 1. The van der Waals surface area contributed by atoms with E-state index >= 15 is 0 Å². The molecule has 2 rings (SSSR count). The monoisotopic (exact) mass is 354 g/mol. The Morgan fingerprint density at radius 3 is 2.15 bits per heavy atom. The summed E-state index contributed by atoms with van der Waals surface area (Å²) in [5.74, 6) is -0.305. The molecule has 1 atom stereocenters. The Bertz CT molecular complexity index is 689. The minimum absolute atomic E-state index is 0.0231. The number of carbonyl (C=O) groups is 2. The number of aliphatic hydroxyl groups is 1. The zero-order valence-corrected chi connectivity index (χ0v) is 15.1. The molecule has 2 amide bonds. The maximum Gasteiger partial charge on any atom is 0.242 e. The van der Waals surface area contributed by atoms with Crippen LogP contribution in [0.3, 0.4) is 0 Å². The van der Waals surface area contributed by atoms with Gasteiger partial charge in [-0.25, -0.2) is 0 Å². The van der Waals surface area contributed by atoms with Gasteiger partial charge in [-0.15, -0.1) is 0 Å². The van der Waals surface area contributed by atoms with Gasteiger partial charge in [0.15, 0.2) is 0 Å². The van der Waals surface area contributed by atoms with Crippen molar-refractivity contribution in [3.8, 4) is 0 Å². The number of hydrogen-bond donors (Lipinski definition) is 2. The molecule has 0 heterocycles. The lowest BCUT2D eigenvalue weighted by atomic mass is 10.1. The van der Waals surface area contributed by atoms with Crippen molar-refractivity contribution in [1.82, 2.24) is 10.2 Å². The molecule has 0 saturated heterocycles. The lowest BCUT2D eigenvalue weighted by Crippen LogP contribution is -2.48. The number of nitrogens with one attached hydrogen (secondary N) is 1. The summed E-state index contributed by atoms with van der Waals surface area (Å²) in [7, 11) is 0. The molecule has 0 fully saturated rings. The first kappa shape index (κ1) is 19.7. The molecule has 0 bridgehead atoms. The largest absolute Gasteiger partial charge is 0.396 e. The van der Waals surface area contributed by atoms with E-state index in [1.165, 1.54) is 0 Å². The van der Waals surface area contributed by atoms with E-state index in [9.17, 15) is 9.59 Å². The molecule has 26 heavy (non-hydrogen) atoms. The Labute approximate surface area is 154 Å². The van der Waals surface area contributed by atoms with Crippen LogP contribution in [-0.4, -0.2) is 41.0 Å². The quantitative estimate of drug-likeness (QED) is 0.678. The van der Waals surface area contributed by atoms with E-state index < -0.39 is 6.04 Å². The van der Waals surface area contributed by atoms with Crippen molar-refractivity contribution in [1.29, 1.82) is 0 Å². The third-order valence-corrected chi connectivity index (χ3v) is 4.20. The molecule has 0 spiro atoms. The molecular weight excluding hydrogens is 328 g/mol. The normalized spacial score (nSPS) is 11.6. The van der Waals surface area contributed by atoms with Crippen LogP contribution in [0.15, 0.2) is 60.7 Å². The number of rotatable bonds is 9. The zero-order chi connectivity index (χ0) is 18.8. The molecule has 0 unspecified atom stereocenters. The standard InChI is InChI=1S/C21H26N2O3/c1-17(21(26)22-13-8-14-24)23(16-19-11-6-3-7-12-19)20(25)15-18-9-4-2-5-10-18/h2-7,9-12,17,24H,8,13-16H2,1H3,(H,22,26)/t17-/m0/s1. The van der Waals surface area contributed by atoms with Gasteiger partial charge < -0.3 is 15.3 Å². The van der Waals surface area contributed by atoms with Gasteiger partial charge >= 0.3 is 0 Å². The van der Waals surface area contributed by atoms with Crippen LogP contribution in [0.25, 0.3) is 0 Å². The second-order valence-electron chi connectivity index (χ2n) is 6.21. The Hall–Kier alpha value is -2.66. The van der Waals surface area contributed by atoms with Gasteiger partial charge in [-0.2, -0.15) is 0 Å². The van der Waals surface area contributed by atoms with Crippen LogP contribution in [0.4, 0.5) is 0 Å². The van der Waals surface area contributed by atoms with Crippen LogP contribution < -0.4 is 5.32 Å². The smallest absolute Gasteiger partial charge is 0.242 e. The Kier molecular flexibility index (Phi) is 7.83. The summed E-state index contributed by atoms with van der Waals surface area (Å²) in [5.41, 5.74) is 1.90. The van der Waals surface area contributed by atoms with Crippen molar-refractivity contribution in [2.45, 2.75) is 32.4 Å². The van der Waals surface area contributed by atoms with E-state index in [0.717, 1.165) is 11.1 Å². The van der Waals surface area contributed by atoms with Crippen LogP contribution in [0.5, 0.6) is 0 Å². The average Bonchev–Trinajstić information content (AvgIpc) is 2.67. The number of amides is 2. The maximum atomic E-state index is 12.9. The first-order chi connectivity index (χ1) is 12.6. The fraction of sp³-hybridized carbons (Fsp3) is 0.333. The second kappa shape index (κ2) is 10.4. The van der Waals surface area contributed by atoms with Gasteiger partial charge in [0.1, 0.15) is 6.04 Å². The number of hydrogen-bond acceptors (Lipinski definition) is 3. The van der Waals surface area contributed by atoms with Crippen molar-refractivity contribution >= 4 is 11.8 Å². The molecule has 0 aliphatic rings. The molecule has 0 saturated carbocycles. The summed E-state index contributed by atoms with van der Waals surface area (Å²) in [4.78, 5) is 26.9. The lowest BCUT2D eigenvalue weighted by molar-refractivity contribution is -0.140. The predicted molar refractivity (Wildman–Crippen MR) is 101 cm³/mol. The van der Waals surface area contributed by atoms with E-state index in [4.69, 9.17) is 5.11 Å². The molecule has 2 aromatic rings. The first-order valence-corrected chi connectivity index (χ1v) is 8.87. The molecule has 0 radical (unpaired) electrons. The highest BCUT2D eigenvalue weighted by Crippen LogP contribution is 2.12. The number of benzene rings is 2. The van der Waals surface area contributed by atoms with Gasteiger partial charge in [0.05, 0.1) is 6.42 Å². The molecule has 0 aromatic heterocycles. The van der Waals surface area contributed by atoms with Gasteiger partial charge in [-0.05, 0) is 24.5 Å². The Morgan fingerprint density at radius 2 is 1.58 bits per heavy atom. The van der Waals surface area contributed by atoms with Crippen LogP contribution in [0, 0.1) is 0 Å². The summed E-state index contributed by atoms with van der Waals surface area (Å²) in [6.07, 6.45) is 0.747. The molecule has 5 heteroatoms. The summed E-state index contributed by atoms with van der Waals surface area (Å²) in [5, 5.41) is 11.6. The first-order valence-electron chi connectivity index (χ1n) is 8.87. The van der Waals surface area contributed by atoms with E-state index in [-0.39, 0.29) is 24.8 Å². The van der Waals surface area contributed by atoms with Crippen molar-refractivity contribution < 1.29 is 14.7 Å². The Balaban J connectivity index is 2.12. The Morgan fingerprint density at radius 1 is 1.00 bits per heavy atom. The van der Waals surface area contributed by atoms with Crippen LogP contribution in [-0.2, 0) is 22.6 Å². The summed E-state index contributed by atoms with van der Waals surface area (Å²) in [6.45, 7) is 2.53. The van der Waals surface area contributed by atoms with Gasteiger partial charge in [0, 0.05) is 19.7 Å². The summed E-state index contributed by atoms with van der Waals surface area (Å²) < 4.78 is 0. The van der Waals surface area contributed by atoms with E-state index in [2.05, 4.69) is 5.32 Å². The van der Waals surface area contributed by atoms with Gasteiger partial charge in [0.25, 0.3) is 0 Å². The lowest BCUT2D eigenvalue weighted by Gasteiger charge is -2.29. The minimum Gasteiger partial charge on any atom is -0.396 e. The van der Waals surface area contributed by atoms with Crippen molar-refractivity contribution in [2.75, 3.05) is 13.2 Å². The van der Waals surface area contributed by atoms with Crippen molar-refractivity contribution in [2.24, 2.45) is 0 Å². The van der Waals surface area contributed by atoms with E-state index in [1.54, 1.807) is 11.8 Å². The fourth-order valence-corrected chi connectivity index (χ4v) is 2.67. The summed E-state index contributed by atoms with van der Waals surface area (Å²) in [6, 6.07) is 18.6. The second-order valence-corrected chi connectivity index (χ2v) is 6.21. The van der Waals surface area contributed by atoms with Crippen molar-refractivity contribution in [3.63, 3.8) is 0 Å². The SMILES string of the molecule is C[C@@H](C(=O)NCCCO)N(Cc1ccccc1)C(=O)Cc1ccccc1. The zero-order valence-electron chi connectivity index (χ0n) is 15.1. The predicted octanol–water partition coefficient (Wildman–Crippen LogP) is 2.14. The molecule has 2 aromatic carbocycles. The highest BCUT2D eigenvalue weighted by molar-refractivity contribution is 5.88. The van der Waals surface area contributed by atoms with Crippen LogP contribution >= 0.6 is 0 Å². The topological polar surface area (TPSA) is 69.6 Å². The molecule has 138 valence electrons. The highest BCUT2D eigenvalue weighted by atomic mass is 16.3. The molecule has 5 nitrogen and oxygen atoms in total. The number of nitrogens with zero attached hydrogens (tertiary/aromatic N) is 1. The van der Waals surface area contributed by atoms with E-state index in [1.807, 2.05) is 60.7 Å². The third kappa shape index (κ3) is 6.01. The number of carbonyl (C=O) groups excluding carboxylic acids is 2. The van der Waals surface area contributed by atoms with Crippen molar-refractivity contribution in [3.05, 3.63) is 71.8 Å². The third-order valence-electron chi connectivity index (χ3n) is 4.20. The van der Waals surface area contributed by atoms with Crippen LogP contribution in [0.1, 0.15) is 24.5 Å². The maximum absolute atomic E-state index is 12.9. The van der Waals surface area contributed by atoms with Gasteiger partial charge in [-0.3, -0.25) is 9.59 Å². The summed E-state index contributed by atoms with van der Waals surface area (Å²) >= 11 is 0. The van der Waals surface area contributed by atoms with E-state index in [0.29, 0.717) is 19.5 Å². The fourth-order valence-electron chi connectivity index (χ4n) is 2.67. The van der Waals surface area contributed by atoms with Gasteiger partial charge in [0.2, 0.25) is 11.8 Å². The van der Waals surface area contributed by atoms with Gasteiger partial charge in [-0.1, -0.05) is 60.7 Å². The molecule has 0 aliphatic carbocycles. The molecule has 0 aliphatic heterocycles. The highest BCUT2D eigenvalue weighted by Gasteiger charge is 2.25. The minimum atomic E-state index is -0.592.